The molecule has 0 heterocycles. The van der Waals surface area contributed by atoms with Crippen molar-refractivity contribution >= 4 is 5.78 Å². The number of ketones is 1. The third-order valence-corrected chi connectivity index (χ3v) is 3.75. The molecule has 2 heteroatoms. The van der Waals surface area contributed by atoms with E-state index in [-0.39, 0.29) is 5.78 Å². The van der Waals surface area contributed by atoms with Gasteiger partial charge in [0.15, 0.2) is 5.78 Å². The standard InChI is InChI=1S/C16H23NO/c1-11(2)9-12-5-4-6-13(10-12)15(18)16(3,17)14-7-8-14/h4-6,10-11,14H,7-9,17H2,1-3H3. The van der Waals surface area contributed by atoms with Crippen LogP contribution in [0.5, 0.6) is 0 Å². The molecule has 1 fully saturated rings. The highest BCUT2D eigenvalue weighted by molar-refractivity contribution is 6.03. The number of carbonyl (C=O) groups excluding carboxylic acids is 1. The van der Waals surface area contributed by atoms with Crippen molar-refractivity contribution in [3.05, 3.63) is 35.4 Å². The first-order valence-corrected chi connectivity index (χ1v) is 6.84. The van der Waals surface area contributed by atoms with Crippen LogP contribution in [-0.2, 0) is 6.42 Å². The molecular weight excluding hydrogens is 222 g/mol. The van der Waals surface area contributed by atoms with Gasteiger partial charge >= 0.3 is 0 Å². The molecule has 0 amide bonds. The molecule has 1 saturated carbocycles. The van der Waals surface area contributed by atoms with E-state index < -0.39 is 5.54 Å². The molecule has 0 aliphatic heterocycles. The highest BCUT2D eigenvalue weighted by atomic mass is 16.1. The lowest BCUT2D eigenvalue weighted by Gasteiger charge is -2.23. The van der Waals surface area contributed by atoms with E-state index in [1.807, 2.05) is 25.1 Å². The molecule has 1 aromatic rings. The molecular formula is C16H23NO. The maximum atomic E-state index is 12.5. The van der Waals surface area contributed by atoms with Gasteiger partial charge in [-0.3, -0.25) is 4.79 Å². The number of carbonyl (C=O) groups is 1. The van der Waals surface area contributed by atoms with Crippen molar-refractivity contribution in [3.8, 4) is 0 Å². The first-order valence-electron chi connectivity index (χ1n) is 6.84. The third-order valence-electron chi connectivity index (χ3n) is 3.75. The minimum Gasteiger partial charge on any atom is -0.319 e. The van der Waals surface area contributed by atoms with Gasteiger partial charge in [-0.1, -0.05) is 32.0 Å². The van der Waals surface area contributed by atoms with Gasteiger partial charge in [0.25, 0.3) is 0 Å². The quantitative estimate of drug-likeness (QED) is 0.809. The van der Waals surface area contributed by atoms with E-state index in [0.717, 1.165) is 24.8 Å². The Morgan fingerprint density at radius 2 is 2.11 bits per heavy atom. The summed E-state index contributed by atoms with van der Waals surface area (Å²) in [6.45, 7) is 6.25. The average molecular weight is 245 g/mol. The maximum Gasteiger partial charge on any atom is 0.182 e. The molecule has 0 aromatic heterocycles. The highest BCUT2D eigenvalue weighted by Crippen LogP contribution is 2.39. The first-order chi connectivity index (χ1) is 8.41. The van der Waals surface area contributed by atoms with Crippen LogP contribution in [0.1, 0.15) is 49.5 Å². The smallest absolute Gasteiger partial charge is 0.182 e. The van der Waals surface area contributed by atoms with Crippen molar-refractivity contribution < 1.29 is 4.79 Å². The third kappa shape index (κ3) is 2.81. The first kappa shape index (κ1) is 13.3. The predicted molar refractivity (Wildman–Crippen MR) is 74.6 cm³/mol. The number of hydrogen-bond acceptors (Lipinski definition) is 2. The number of hydrogen-bond donors (Lipinski definition) is 1. The summed E-state index contributed by atoms with van der Waals surface area (Å²) in [6, 6.07) is 7.95. The fourth-order valence-corrected chi connectivity index (χ4v) is 2.49. The van der Waals surface area contributed by atoms with Crippen LogP contribution in [-0.4, -0.2) is 11.3 Å². The van der Waals surface area contributed by atoms with E-state index in [1.165, 1.54) is 5.56 Å². The topological polar surface area (TPSA) is 43.1 Å². The summed E-state index contributed by atoms with van der Waals surface area (Å²) in [4.78, 5) is 12.5. The molecule has 1 unspecified atom stereocenters. The molecule has 2 rings (SSSR count). The van der Waals surface area contributed by atoms with E-state index in [9.17, 15) is 4.79 Å². The molecule has 1 aliphatic carbocycles. The largest absolute Gasteiger partial charge is 0.319 e. The molecule has 2 nitrogen and oxygen atoms in total. The zero-order valence-electron chi connectivity index (χ0n) is 11.6. The van der Waals surface area contributed by atoms with Gasteiger partial charge < -0.3 is 5.73 Å². The van der Waals surface area contributed by atoms with E-state index in [4.69, 9.17) is 5.73 Å². The number of nitrogens with two attached hydrogens (primary N) is 1. The van der Waals surface area contributed by atoms with Gasteiger partial charge in [0.1, 0.15) is 0 Å². The molecule has 1 aliphatic rings. The molecule has 1 atom stereocenters. The van der Waals surface area contributed by atoms with Crippen molar-refractivity contribution in [1.82, 2.24) is 0 Å². The zero-order chi connectivity index (χ0) is 13.3. The minimum atomic E-state index is -0.684. The van der Waals surface area contributed by atoms with Crippen molar-refractivity contribution in [2.75, 3.05) is 0 Å². The lowest BCUT2D eigenvalue weighted by atomic mass is 9.86. The highest BCUT2D eigenvalue weighted by Gasteiger charge is 2.44. The van der Waals surface area contributed by atoms with Crippen LogP contribution >= 0.6 is 0 Å². The minimum absolute atomic E-state index is 0.0932. The molecule has 1 aromatic carbocycles. The van der Waals surface area contributed by atoms with E-state index in [0.29, 0.717) is 11.8 Å². The Hall–Kier alpha value is -1.15. The van der Waals surface area contributed by atoms with Crippen molar-refractivity contribution in [3.63, 3.8) is 0 Å². The second-order valence-electron chi connectivity index (χ2n) is 6.18. The van der Waals surface area contributed by atoms with Gasteiger partial charge in [0.05, 0.1) is 5.54 Å². The molecule has 18 heavy (non-hydrogen) atoms. The second-order valence-corrected chi connectivity index (χ2v) is 6.18. The Morgan fingerprint density at radius 1 is 1.44 bits per heavy atom. The van der Waals surface area contributed by atoms with Crippen LogP contribution < -0.4 is 5.73 Å². The Balaban J connectivity index is 2.19. The van der Waals surface area contributed by atoms with Crippen LogP contribution in [0, 0.1) is 11.8 Å². The van der Waals surface area contributed by atoms with E-state index >= 15 is 0 Å². The lowest BCUT2D eigenvalue weighted by molar-refractivity contribution is 0.0883. The summed E-state index contributed by atoms with van der Waals surface area (Å²) in [5.74, 6) is 1.07. The molecule has 98 valence electrons. The molecule has 0 spiro atoms. The zero-order valence-corrected chi connectivity index (χ0v) is 11.6. The van der Waals surface area contributed by atoms with Crippen LogP contribution in [0.2, 0.25) is 0 Å². The molecule has 2 N–H and O–H groups in total. The fraction of sp³-hybridized carbons (Fsp3) is 0.562. The summed E-state index contributed by atoms with van der Waals surface area (Å²) in [6.07, 6.45) is 3.18. The summed E-state index contributed by atoms with van der Waals surface area (Å²) >= 11 is 0. The molecule has 0 bridgehead atoms. The normalized spacial score (nSPS) is 18.7. The van der Waals surface area contributed by atoms with Gasteiger partial charge in [0, 0.05) is 5.56 Å². The fourth-order valence-electron chi connectivity index (χ4n) is 2.49. The second kappa shape index (κ2) is 4.85. The Kier molecular flexibility index (Phi) is 3.58. The van der Waals surface area contributed by atoms with Gasteiger partial charge in [-0.15, -0.1) is 0 Å². The number of Topliss-reactive ketones (excluding diaryl/α,β-unsaturated/α-hetero) is 1. The van der Waals surface area contributed by atoms with Crippen molar-refractivity contribution in [1.29, 1.82) is 0 Å². The van der Waals surface area contributed by atoms with Crippen LogP contribution in [0.15, 0.2) is 24.3 Å². The number of benzene rings is 1. The summed E-state index contributed by atoms with van der Waals surface area (Å²) in [5.41, 5.74) is 7.51. The summed E-state index contributed by atoms with van der Waals surface area (Å²) in [5, 5.41) is 0. The summed E-state index contributed by atoms with van der Waals surface area (Å²) < 4.78 is 0. The van der Waals surface area contributed by atoms with Crippen LogP contribution in [0.25, 0.3) is 0 Å². The molecule has 0 saturated heterocycles. The van der Waals surface area contributed by atoms with Crippen LogP contribution in [0.3, 0.4) is 0 Å². The van der Waals surface area contributed by atoms with E-state index in [1.54, 1.807) is 0 Å². The van der Waals surface area contributed by atoms with Crippen molar-refractivity contribution in [2.24, 2.45) is 17.6 Å². The lowest BCUT2D eigenvalue weighted by Crippen LogP contribution is -2.47. The maximum absolute atomic E-state index is 12.5. The van der Waals surface area contributed by atoms with E-state index in [2.05, 4.69) is 19.9 Å². The Morgan fingerprint density at radius 3 is 2.67 bits per heavy atom. The number of rotatable bonds is 5. The monoisotopic (exact) mass is 245 g/mol. The van der Waals surface area contributed by atoms with Gasteiger partial charge in [0.2, 0.25) is 0 Å². The van der Waals surface area contributed by atoms with Gasteiger partial charge in [-0.05, 0) is 49.7 Å². The van der Waals surface area contributed by atoms with Crippen molar-refractivity contribution in [2.45, 2.75) is 45.6 Å². The SMILES string of the molecule is CC(C)Cc1cccc(C(=O)C(C)(N)C2CC2)c1. The molecule has 0 radical (unpaired) electrons. The summed E-state index contributed by atoms with van der Waals surface area (Å²) in [7, 11) is 0. The van der Waals surface area contributed by atoms with Gasteiger partial charge in [-0.25, -0.2) is 0 Å². The van der Waals surface area contributed by atoms with Crippen LogP contribution in [0.4, 0.5) is 0 Å². The predicted octanol–water partition coefficient (Wildman–Crippen LogP) is 3.20. The average Bonchev–Trinajstić information content (AvgIpc) is 3.11. The van der Waals surface area contributed by atoms with Gasteiger partial charge in [-0.2, -0.15) is 0 Å². The Bertz CT molecular complexity index is 444. The Labute approximate surface area is 110 Å².